The van der Waals surface area contributed by atoms with Gasteiger partial charge in [-0.1, -0.05) is 18.7 Å². The van der Waals surface area contributed by atoms with E-state index in [1.807, 2.05) is 19.2 Å². The van der Waals surface area contributed by atoms with E-state index >= 15 is 0 Å². The minimum atomic E-state index is 0.870. The molecule has 0 saturated heterocycles. The van der Waals surface area contributed by atoms with Gasteiger partial charge in [-0.25, -0.2) is 4.58 Å². The molecule has 0 atom stereocenters. The maximum atomic E-state index is 3.72. The number of hydrogen-bond donors (Lipinski definition) is 0. The zero-order chi connectivity index (χ0) is 7.28. The molecule has 9 heavy (non-hydrogen) atoms. The molecule has 0 heterocycles. The molecule has 0 spiro atoms. The average molecular weight is 122 g/mol. The molecular formula is C8H12N+. The third kappa shape index (κ3) is 3.47. The van der Waals surface area contributed by atoms with Gasteiger partial charge in [0.1, 0.15) is 13.8 Å². The van der Waals surface area contributed by atoms with Gasteiger partial charge in [0.2, 0.25) is 0 Å². The molecule has 0 aromatic carbocycles. The number of likely N-dealkylation sites (N-methyl/N-ethyl adjacent to an activating group) is 1. The third-order valence-corrected chi connectivity index (χ3v) is 0.915. The van der Waals surface area contributed by atoms with Crippen LogP contribution in [0.25, 0.3) is 0 Å². The number of hydrogen-bond acceptors (Lipinski definition) is 0. The van der Waals surface area contributed by atoms with Crippen LogP contribution in [0.2, 0.25) is 0 Å². The topological polar surface area (TPSA) is 3.01 Å². The van der Waals surface area contributed by atoms with E-state index in [-0.39, 0.29) is 0 Å². The molecule has 0 radical (unpaired) electrons. The van der Waals surface area contributed by atoms with Crippen molar-refractivity contribution in [1.82, 2.24) is 0 Å². The normalized spacial score (nSPS) is 9.44. The molecular weight excluding hydrogens is 110 g/mol. The van der Waals surface area contributed by atoms with Gasteiger partial charge in [-0.15, -0.1) is 0 Å². The first-order valence-corrected chi connectivity index (χ1v) is 2.70. The van der Waals surface area contributed by atoms with Crippen LogP contribution in [0.5, 0.6) is 0 Å². The summed E-state index contributed by atoms with van der Waals surface area (Å²) in [5, 5.41) is 0. The smallest absolute Gasteiger partial charge is 0.197 e. The second-order valence-corrected chi connectivity index (χ2v) is 1.78. The molecule has 0 N–H and O–H groups in total. The Labute approximate surface area is 56.3 Å². The van der Waals surface area contributed by atoms with E-state index in [2.05, 4.69) is 19.9 Å². The molecule has 0 unspecified atom stereocenters. The Morgan fingerprint density at radius 2 is 2.11 bits per heavy atom. The van der Waals surface area contributed by atoms with Gasteiger partial charge in [0, 0.05) is 6.08 Å². The van der Waals surface area contributed by atoms with E-state index in [1.54, 1.807) is 10.7 Å². The second kappa shape index (κ2) is 3.84. The molecule has 0 aliphatic heterocycles. The molecule has 0 aromatic rings. The summed E-state index contributed by atoms with van der Waals surface area (Å²) in [5.41, 5.74) is 0.870. The van der Waals surface area contributed by atoms with Gasteiger partial charge < -0.3 is 0 Å². The highest BCUT2D eigenvalue weighted by Gasteiger charge is 1.91. The average Bonchev–Trinajstić information content (AvgIpc) is 1.82. The first-order valence-electron chi connectivity index (χ1n) is 2.70. The van der Waals surface area contributed by atoms with Crippen LogP contribution in [-0.2, 0) is 0 Å². The van der Waals surface area contributed by atoms with Gasteiger partial charge in [-0.05, 0) is 6.58 Å². The SMILES string of the molecule is C=CC=CC(=C)[N+](=C)C. The summed E-state index contributed by atoms with van der Waals surface area (Å²) in [6.45, 7) is 10.9. The maximum Gasteiger partial charge on any atom is 0.197 e. The fourth-order valence-corrected chi connectivity index (χ4v) is 0.306. The van der Waals surface area contributed by atoms with Gasteiger partial charge in [0.05, 0.1) is 0 Å². The summed E-state index contributed by atoms with van der Waals surface area (Å²) >= 11 is 0. The van der Waals surface area contributed by atoms with Crippen molar-refractivity contribution in [3.63, 3.8) is 0 Å². The van der Waals surface area contributed by atoms with Gasteiger partial charge in [0.15, 0.2) is 5.70 Å². The zero-order valence-electron chi connectivity index (χ0n) is 5.80. The van der Waals surface area contributed by atoms with Crippen molar-refractivity contribution >= 4 is 6.72 Å². The number of allylic oxidation sites excluding steroid dienone is 3. The summed E-state index contributed by atoms with van der Waals surface area (Å²) < 4.78 is 1.69. The van der Waals surface area contributed by atoms with Crippen molar-refractivity contribution in [3.05, 3.63) is 37.1 Å². The monoisotopic (exact) mass is 122 g/mol. The highest BCUT2D eigenvalue weighted by atomic mass is 14.9. The Morgan fingerprint density at radius 1 is 1.56 bits per heavy atom. The molecule has 0 fully saturated rings. The van der Waals surface area contributed by atoms with Crippen LogP contribution in [0.3, 0.4) is 0 Å². The zero-order valence-corrected chi connectivity index (χ0v) is 5.80. The summed E-state index contributed by atoms with van der Waals surface area (Å²) in [6.07, 6.45) is 5.37. The molecule has 0 bridgehead atoms. The van der Waals surface area contributed by atoms with Crippen LogP contribution in [-0.4, -0.2) is 18.3 Å². The standard InChI is InChI=1S/C8H12N/c1-5-6-7-8(2)9(3)4/h5-7H,1-3H2,4H3/q+1. The van der Waals surface area contributed by atoms with Gasteiger partial charge >= 0.3 is 0 Å². The Bertz CT molecular complexity index is 163. The maximum absolute atomic E-state index is 3.72. The molecule has 0 rings (SSSR count). The Morgan fingerprint density at radius 3 is 2.44 bits per heavy atom. The molecule has 0 aliphatic rings. The van der Waals surface area contributed by atoms with Crippen molar-refractivity contribution in [3.8, 4) is 0 Å². The fourth-order valence-electron chi connectivity index (χ4n) is 0.306. The van der Waals surface area contributed by atoms with Crippen LogP contribution in [0.15, 0.2) is 37.1 Å². The predicted molar refractivity (Wildman–Crippen MR) is 41.8 cm³/mol. The quantitative estimate of drug-likeness (QED) is 0.304. The van der Waals surface area contributed by atoms with E-state index in [0.717, 1.165) is 5.70 Å². The Kier molecular flexibility index (Phi) is 3.37. The van der Waals surface area contributed by atoms with E-state index in [4.69, 9.17) is 0 Å². The van der Waals surface area contributed by atoms with Crippen LogP contribution in [0, 0.1) is 0 Å². The van der Waals surface area contributed by atoms with Crippen molar-refractivity contribution in [2.75, 3.05) is 7.05 Å². The summed E-state index contributed by atoms with van der Waals surface area (Å²) in [4.78, 5) is 0. The van der Waals surface area contributed by atoms with Crippen molar-refractivity contribution in [2.45, 2.75) is 0 Å². The van der Waals surface area contributed by atoms with Crippen LogP contribution in [0.4, 0.5) is 0 Å². The van der Waals surface area contributed by atoms with E-state index in [1.165, 1.54) is 0 Å². The van der Waals surface area contributed by atoms with E-state index < -0.39 is 0 Å². The van der Waals surface area contributed by atoms with E-state index in [9.17, 15) is 0 Å². The summed E-state index contributed by atoms with van der Waals surface area (Å²) in [6, 6.07) is 0. The Balaban J connectivity index is 3.92. The lowest BCUT2D eigenvalue weighted by Crippen LogP contribution is -1.96. The third-order valence-electron chi connectivity index (χ3n) is 0.915. The minimum absolute atomic E-state index is 0.870. The Hall–Kier alpha value is -1.11. The minimum Gasteiger partial charge on any atom is -0.209 e. The molecule has 0 saturated carbocycles. The molecule has 48 valence electrons. The van der Waals surface area contributed by atoms with Crippen LogP contribution >= 0.6 is 0 Å². The molecule has 0 aliphatic carbocycles. The highest BCUT2D eigenvalue weighted by Crippen LogP contribution is 1.90. The van der Waals surface area contributed by atoms with Crippen molar-refractivity contribution < 1.29 is 4.58 Å². The highest BCUT2D eigenvalue weighted by molar-refractivity contribution is 5.20. The largest absolute Gasteiger partial charge is 0.209 e. The summed E-state index contributed by atoms with van der Waals surface area (Å²) in [7, 11) is 1.84. The fraction of sp³-hybridized carbons (Fsp3) is 0.125. The van der Waals surface area contributed by atoms with Gasteiger partial charge in [-0.3, -0.25) is 0 Å². The van der Waals surface area contributed by atoms with Crippen LogP contribution in [0.1, 0.15) is 0 Å². The lowest BCUT2D eigenvalue weighted by Gasteiger charge is -1.87. The first kappa shape index (κ1) is 7.89. The lowest BCUT2D eigenvalue weighted by atomic mass is 10.4. The second-order valence-electron chi connectivity index (χ2n) is 1.78. The molecule has 0 aromatic heterocycles. The molecule has 1 heteroatoms. The van der Waals surface area contributed by atoms with E-state index in [0.29, 0.717) is 0 Å². The molecule has 0 amide bonds. The van der Waals surface area contributed by atoms with Crippen molar-refractivity contribution in [1.29, 1.82) is 0 Å². The van der Waals surface area contributed by atoms with Crippen LogP contribution < -0.4 is 0 Å². The number of nitrogens with zero attached hydrogens (tertiary/aromatic N) is 1. The predicted octanol–water partition coefficient (Wildman–Crippen LogP) is 1.59. The summed E-state index contributed by atoms with van der Waals surface area (Å²) in [5.74, 6) is 0. The molecule has 1 nitrogen and oxygen atoms in total. The lowest BCUT2D eigenvalue weighted by molar-refractivity contribution is -0.427. The first-order chi connectivity index (χ1) is 4.18. The van der Waals surface area contributed by atoms with Crippen molar-refractivity contribution in [2.24, 2.45) is 0 Å². The number of rotatable bonds is 3. The van der Waals surface area contributed by atoms with Gasteiger partial charge in [-0.2, -0.15) is 0 Å². The van der Waals surface area contributed by atoms with Gasteiger partial charge in [0.25, 0.3) is 0 Å².